The number of furan rings is 1. The van der Waals surface area contributed by atoms with Gasteiger partial charge in [0.05, 0.1) is 12.7 Å². The van der Waals surface area contributed by atoms with Crippen molar-refractivity contribution >= 4 is 5.91 Å². The Bertz CT molecular complexity index is 656. The number of nitrogens with zero attached hydrogens (tertiary/aromatic N) is 1. The summed E-state index contributed by atoms with van der Waals surface area (Å²) in [5.41, 5.74) is 0.673. The number of hydrogen-bond acceptors (Lipinski definition) is 3. The molecule has 23 heavy (non-hydrogen) atoms. The van der Waals surface area contributed by atoms with E-state index in [1.165, 1.54) is 18.4 Å². The number of hydrogen-bond donors (Lipinski definition) is 1. The van der Waals surface area contributed by atoms with E-state index < -0.39 is 6.10 Å². The van der Waals surface area contributed by atoms with E-state index in [0.717, 1.165) is 12.8 Å². The highest BCUT2D eigenvalue weighted by atomic mass is 19.1. The van der Waals surface area contributed by atoms with Crippen molar-refractivity contribution in [3.05, 3.63) is 59.8 Å². The van der Waals surface area contributed by atoms with Gasteiger partial charge < -0.3 is 14.4 Å². The molecular formula is C18H20FNO3. The largest absolute Gasteiger partial charge is 0.467 e. The van der Waals surface area contributed by atoms with Gasteiger partial charge in [-0.3, -0.25) is 4.79 Å². The van der Waals surface area contributed by atoms with Crippen molar-refractivity contribution in [1.82, 2.24) is 4.90 Å². The first-order chi connectivity index (χ1) is 11.1. The molecule has 2 heterocycles. The third-order valence-corrected chi connectivity index (χ3v) is 4.31. The number of amides is 1. The maximum atomic E-state index is 13.2. The highest BCUT2D eigenvalue weighted by molar-refractivity contribution is 5.79. The lowest BCUT2D eigenvalue weighted by Gasteiger charge is -2.26. The van der Waals surface area contributed by atoms with Crippen molar-refractivity contribution in [1.29, 1.82) is 0 Å². The van der Waals surface area contributed by atoms with E-state index in [1.807, 2.05) is 0 Å². The molecule has 2 atom stereocenters. The van der Waals surface area contributed by atoms with Crippen LogP contribution < -0.4 is 0 Å². The van der Waals surface area contributed by atoms with Gasteiger partial charge in [-0.25, -0.2) is 4.39 Å². The lowest BCUT2D eigenvalue weighted by molar-refractivity contribution is -0.131. The van der Waals surface area contributed by atoms with E-state index in [9.17, 15) is 14.3 Å². The second kappa shape index (κ2) is 6.96. The average molecular weight is 317 g/mol. The van der Waals surface area contributed by atoms with Crippen LogP contribution in [-0.4, -0.2) is 28.5 Å². The van der Waals surface area contributed by atoms with Gasteiger partial charge in [0.1, 0.15) is 17.7 Å². The summed E-state index contributed by atoms with van der Waals surface area (Å²) in [6, 6.07) is 9.59. The van der Waals surface area contributed by atoms with Crippen molar-refractivity contribution in [2.24, 2.45) is 0 Å². The normalized spacial score (nSPS) is 19.0. The Morgan fingerprint density at radius 1 is 1.39 bits per heavy atom. The predicted octanol–water partition coefficient (Wildman–Crippen LogP) is 3.08. The molecular weight excluding hydrogens is 297 g/mol. The van der Waals surface area contributed by atoms with Gasteiger partial charge in [0.2, 0.25) is 5.91 Å². The fourth-order valence-corrected chi connectivity index (χ4v) is 3.19. The molecule has 0 aliphatic carbocycles. The number of halogens is 1. The Hall–Kier alpha value is -2.14. The molecule has 0 radical (unpaired) electrons. The van der Waals surface area contributed by atoms with Gasteiger partial charge in [-0.2, -0.15) is 0 Å². The van der Waals surface area contributed by atoms with E-state index >= 15 is 0 Å². The Morgan fingerprint density at radius 3 is 3.00 bits per heavy atom. The lowest BCUT2D eigenvalue weighted by Crippen LogP contribution is -2.37. The first kappa shape index (κ1) is 15.7. The van der Waals surface area contributed by atoms with Crippen molar-refractivity contribution in [3.63, 3.8) is 0 Å². The maximum Gasteiger partial charge on any atom is 0.227 e. The molecule has 1 aromatic carbocycles. The second-order valence-corrected chi connectivity index (χ2v) is 5.96. The summed E-state index contributed by atoms with van der Waals surface area (Å²) < 4.78 is 18.4. The predicted molar refractivity (Wildman–Crippen MR) is 83.1 cm³/mol. The third kappa shape index (κ3) is 3.79. The van der Waals surface area contributed by atoms with Gasteiger partial charge in [0.15, 0.2) is 0 Å². The number of likely N-dealkylation sites (tertiary alicyclic amines) is 1. The summed E-state index contributed by atoms with van der Waals surface area (Å²) in [6.07, 6.45) is 3.25. The molecule has 1 aromatic heterocycles. The number of aliphatic hydroxyl groups excluding tert-OH is 1. The van der Waals surface area contributed by atoms with Gasteiger partial charge in [0, 0.05) is 19.0 Å². The molecule has 3 rings (SSSR count). The van der Waals surface area contributed by atoms with Gasteiger partial charge in [0.25, 0.3) is 0 Å². The molecule has 0 spiro atoms. The van der Waals surface area contributed by atoms with Crippen LogP contribution in [0.2, 0.25) is 0 Å². The number of benzene rings is 1. The van der Waals surface area contributed by atoms with Crippen LogP contribution in [0, 0.1) is 5.82 Å². The molecule has 1 N–H and O–H groups in total. The van der Waals surface area contributed by atoms with E-state index in [0.29, 0.717) is 24.3 Å². The van der Waals surface area contributed by atoms with Gasteiger partial charge >= 0.3 is 0 Å². The van der Waals surface area contributed by atoms with E-state index in [2.05, 4.69) is 0 Å². The van der Waals surface area contributed by atoms with Crippen LogP contribution in [0.25, 0.3) is 0 Å². The van der Waals surface area contributed by atoms with Crippen LogP contribution in [0.1, 0.15) is 36.7 Å². The van der Waals surface area contributed by atoms with Crippen LogP contribution >= 0.6 is 0 Å². The molecule has 1 aliphatic heterocycles. The third-order valence-electron chi connectivity index (χ3n) is 4.31. The fourth-order valence-electron chi connectivity index (χ4n) is 3.19. The highest BCUT2D eigenvalue weighted by Gasteiger charge is 2.31. The Labute approximate surface area is 134 Å². The summed E-state index contributed by atoms with van der Waals surface area (Å²) in [5, 5.41) is 10.2. The molecule has 0 saturated carbocycles. The minimum Gasteiger partial charge on any atom is -0.467 e. The molecule has 5 heteroatoms. The smallest absolute Gasteiger partial charge is 0.227 e. The number of carbonyl (C=O) groups is 1. The molecule has 1 saturated heterocycles. The Morgan fingerprint density at radius 2 is 2.26 bits per heavy atom. The topological polar surface area (TPSA) is 53.7 Å². The quantitative estimate of drug-likeness (QED) is 0.922. The molecule has 1 fully saturated rings. The van der Waals surface area contributed by atoms with Crippen molar-refractivity contribution < 1.29 is 18.7 Å². The Kier molecular flexibility index (Phi) is 4.76. The number of aliphatic hydroxyl groups is 1. The standard InChI is InChI=1S/C18H20FNO3/c19-14-5-1-4-13(10-14)11-18(22)20-8-2-6-15(20)12-16(21)17-7-3-9-23-17/h1,3-5,7,9-10,15-16,21H,2,6,8,11-12H2. The summed E-state index contributed by atoms with van der Waals surface area (Å²) in [4.78, 5) is 14.3. The molecule has 4 nitrogen and oxygen atoms in total. The summed E-state index contributed by atoms with van der Waals surface area (Å²) >= 11 is 0. The first-order valence-electron chi connectivity index (χ1n) is 7.89. The van der Waals surface area contributed by atoms with Crippen LogP contribution in [0.4, 0.5) is 4.39 Å². The SMILES string of the molecule is O=C(Cc1cccc(F)c1)N1CCCC1CC(O)c1ccco1. The average Bonchev–Trinajstić information content (AvgIpc) is 3.18. The summed E-state index contributed by atoms with van der Waals surface area (Å²) in [6.45, 7) is 0.684. The fraction of sp³-hybridized carbons (Fsp3) is 0.389. The number of carbonyl (C=O) groups excluding carboxylic acids is 1. The van der Waals surface area contributed by atoms with Gasteiger partial charge in [-0.05, 0) is 42.7 Å². The van der Waals surface area contributed by atoms with Crippen molar-refractivity contribution in [3.8, 4) is 0 Å². The van der Waals surface area contributed by atoms with E-state index in [1.54, 1.807) is 29.2 Å². The monoisotopic (exact) mass is 317 g/mol. The van der Waals surface area contributed by atoms with E-state index in [4.69, 9.17) is 4.42 Å². The van der Waals surface area contributed by atoms with Crippen molar-refractivity contribution in [2.75, 3.05) is 6.54 Å². The zero-order valence-corrected chi connectivity index (χ0v) is 12.8. The van der Waals surface area contributed by atoms with E-state index in [-0.39, 0.29) is 24.2 Å². The summed E-state index contributed by atoms with van der Waals surface area (Å²) in [7, 11) is 0. The second-order valence-electron chi connectivity index (χ2n) is 5.96. The van der Waals surface area contributed by atoms with Gasteiger partial charge in [-0.15, -0.1) is 0 Å². The molecule has 122 valence electrons. The zero-order valence-electron chi connectivity index (χ0n) is 12.8. The molecule has 0 bridgehead atoms. The minimum atomic E-state index is -0.711. The Balaban J connectivity index is 1.63. The van der Waals surface area contributed by atoms with Crippen LogP contribution in [0.15, 0.2) is 47.1 Å². The maximum absolute atomic E-state index is 13.2. The van der Waals surface area contributed by atoms with Crippen LogP contribution in [0.5, 0.6) is 0 Å². The lowest BCUT2D eigenvalue weighted by atomic mass is 10.0. The van der Waals surface area contributed by atoms with Crippen LogP contribution in [-0.2, 0) is 11.2 Å². The molecule has 1 aliphatic rings. The van der Waals surface area contributed by atoms with Crippen LogP contribution in [0.3, 0.4) is 0 Å². The molecule has 2 unspecified atom stereocenters. The first-order valence-corrected chi connectivity index (χ1v) is 7.89. The molecule has 1 amide bonds. The zero-order chi connectivity index (χ0) is 16.2. The minimum absolute atomic E-state index is 0.00356. The van der Waals surface area contributed by atoms with Gasteiger partial charge in [-0.1, -0.05) is 12.1 Å². The summed E-state index contributed by atoms with van der Waals surface area (Å²) in [5.74, 6) is 0.167. The highest BCUT2D eigenvalue weighted by Crippen LogP contribution is 2.28. The number of rotatable bonds is 5. The van der Waals surface area contributed by atoms with Crippen molar-refractivity contribution in [2.45, 2.75) is 37.8 Å². The molecule has 2 aromatic rings.